The lowest BCUT2D eigenvalue weighted by atomic mass is 10.1. The van der Waals surface area contributed by atoms with Crippen LogP contribution in [0.15, 0.2) is 51.5 Å². The summed E-state index contributed by atoms with van der Waals surface area (Å²) >= 11 is 3.47. The maximum absolute atomic E-state index is 6.25. The lowest BCUT2D eigenvalue weighted by molar-refractivity contribution is 0.517. The van der Waals surface area contributed by atoms with Crippen LogP contribution in [0.4, 0.5) is 0 Å². The van der Waals surface area contributed by atoms with Crippen molar-refractivity contribution in [1.29, 1.82) is 0 Å². The van der Waals surface area contributed by atoms with E-state index >= 15 is 0 Å². The molecule has 0 bridgehead atoms. The Balaban J connectivity index is 2.13. The zero-order valence-corrected chi connectivity index (χ0v) is 12.0. The first-order chi connectivity index (χ1) is 9.16. The van der Waals surface area contributed by atoms with Crippen LogP contribution >= 0.6 is 15.9 Å². The third-order valence-electron chi connectivity index (χ3n) is 3.22. The molecule has 0 aliphatic heterocycles. The van der Waals surface area contributed by atoms with E-state index in [2.05, 4.69) is 20.9 Å². The summed E-state index contributed by atoms with van der Waals surface area (Å²) in [7, 11) is 0. The molecule has 0 saturated carbocycles. The van der Waals surface area contributed by atoms with Gasteiger partial charge in [-0.15, -0.1) is 0 Å². The number of nitrogens with zero attached hydrogens (tertiary/aromatic N) is 1. The number of nitrogens with two attached hydrogens (primary N) is 1. The number of aromatic nitrogens is 1. The van der Waals surface area contributed by atoms with Gasteiger partial charge in [-0.2, -0.15) is 0 Å². The van der Waals surface area contributed by atoms with Crippen LogP contribution in [-0.4, -0.2) is 4.98 Å². The van der Waals surface area contributed by atoms with Gasteiger partial charge in [0.05, 0.1) is 5.69 Å². The number of aryl methyl sites for hydroxylation is 1. The van der Waals surface area contributed by atoms with Gasteiger partial charge in [-0.1, -0.05) is 22.0 Å². The van der Waals surface area contributed by atoms with E-state index in [1.54, 1.807) is 6.20 Å². The molecule has 1 atom stereocenters. The second-order valence-electron chi connectivity index (χ2n) is 4.46. The van der Waals surface area contributed by atoms with Crippen LogP contribution in [0.1, 0.15) is 23.1 Å². The van der Waals surface area contributed by atoms with Crippen LogP contribution in [0.2, 0.25) is 0 Å². The monoisotopic (exact) mass is 316 g/mol. The molecule has 19 heavy (non-hydrogen) atoms. The molecular weight excluding hydrogens is 304 g/mol. The molecule has 0 spiro atoms. The summed E-state index contributed by atoms with van der Waals surface area (Å²) in [4.78, 5) is 4.29. The molecule has 0 aliphatic carbocycles. The minimum Gasteiger partial charge on any atom is -0.459 e. The van der Waals surface area contributed by atoms with Crippen molar-refractivity contribution in [2.75, 3.05) is 0 Å². The molecular formula is C15H13BrN2O. The number of hydrogen-bond donors (Lipinski definition) is 1. The highest BCUT2D eigenvalue weighted by Crippen LogP contribution is 2.32. The summed E-state index contributed by atoms with van der Waals surface area (Å²) in [6, 6.07) is 11.3. The average Bonchev–Trinajstić information content (AvgIpc) is 2.76. The molecule has 0 saturated heterocycles. The molecule has 1 unspecified atom stereocenters. The van der Waals surface area contributed by atoms with Gasteiger partial charge < -0.3 is 10.2 Å². The number of halogens is 1. The molecule has 3 nitrogen and oxygen atoms in total. The third kappa shape index (κ3) is 2.17. The summed E-state index contributed by atoms with van der Waals surface area (Å²) in [6.07, 6.45) is 1.74. The quantitative estimate of drug-likeness (QED) is 0.779. The van der Waals surface area contributed by atoms with E-state index in [4.69, 9.17) is 10.2 Å². The van der Waals surface area contributed by atoms with Crippen molar-refractivity contribution in [3.8, 4) is 0 Å². The van der Waals surface area contributed by atoms with Crippen molar-refractivity contribution in [2.24, 2.45) is 5.73 Å². The number of hydrogen-bond acceptors (Lipinski definition) is 3. The molecule has 0 radical (unpaired) electrons. The van der Waals surface area contributed by atoms with E-state index < -0.39 is 0 Å². The molecule has 0 amide bonds. The first kappa shape index (κ1) is 12.4. The molecule has 0 aliphatic rings. The van der Waals surface area contributed by atoms with Crippen molar-refractivity contribution >= 4 is 26.9 Å². The van der Waals surface area contributed by atoms with Gasteiger partial charge in [0.15, 0.2) is 0 Å². The second-order valence-corrected chi connectivity index (χ2v) is 5.38. The standard InChI is InChI=1S/C15H13BrN2O/c1-9-11-8-10(16)5-6-13(11)19-15(9)14(17)12-4-2-3-7-18-12/h2-8,14H,17H2,1H3. The smallest absolute Gasteiger partial charge is 0.134 e. The van der Waals surface area contributed by atoms with Crippen LogP contribution in [0.25, 0.3) is 11.0 Å². The molecule has 3 aromatic rings. The van der Waals surface area contributed by atoms with Gasteiger partial charge in [-0.25, -0.2) is 0 Å². The Bertz CT molecular complexity index is 722. The zero-order chi connectivity index (χ0) is 13.4. The van der Waals surface area contributed by atoms with Gasteiger partial charge in [-0.3, -0.25) is 4.98 Å². The Labute approximate surface area is 119 Å². The highest BCUT2D eigenvalue weighted by molar-refractivity contribution is 9.10. The number of fused-ring (bicyclic) bond motifs is 1. The Hall–Kier alpha value is -1.65. The van der Waals surface area contributed by atoms with E-state index in [0.29, 0.717) is 0 Å². The van der Waals surface area contributed by atoms with Gasteiger partial charge in [0.1, 0.15) is 17.4 Å². The van der Waals surface area contributed by atoms with Crippen LogP contribution < -0.4 is 5.73 Å². The molecule has 1 aromatic carbocycles. The SMILES string of the molecule is Cc1c(C(N)c2ccccn2)oc2ccc(Br)cc12. The molecule has 3 rings (SSSR count). The van der Waals surface area contributed by atoms with Gasteiger partial charge in [0, 0.05) is 21.6 Å². The van der Waals surface area contributed by atoms with Crippen molar-refractivity contribution in [2.45, 2.75) is 13.0 Å². The molecule has 2 aromatic heterocycles. The lowest BCUT2D eigenvalue weighted by Crippen LogP contribution is -2.13. The summed E-state index contributed by atoms with van der Waals surface area (Å²) in [5.41, 5.74) is 8.97. The molecule has 4 heteroatoms. The minimum atomic E-state index is -0.340. The Morgan fingerprint density at radius 3 is 2.84 bits per heavy atom. The summed E-state index contributed by atoms with van der Waals surface area (Å²) < 4.78 is 6.91. The van der Waals surface area contributed by atoms with E-state index in [-0.39, 0.29) is 6.04 Å². The molecule has 2 heterocycles. The largest absolute Gasteiger partial charge is 0.459 e. The summed E-state index contributed by atoms with van der Waals surface area (Å²) in [6.45, 7) is 2.02. The fourth-order valence-electron chi connectivity index (χ4n) is 2.20. The van der Waals surface area contributed by atoms with Crippen molar-refractivity contribution in [1.82, 2.24) is 4.98 Å². The second kappa shape index (κ2) is 4.79. The average molecular weight is 317 g/mol. The Morgan fingerprint density at radius 2 is 2.11 bits per heavy atom. The van der Waals surface area contributed by atoms with Crippen molar-refractivity contribution in [3.63, 3.8) is 0 Å². The molecule has 2 N–H and O–H groups in total. The van der Waals surface area contributed by atoms with Crippen molar-refractivity contribution < 1.29 is 4.42 Å². The molecule has 96 valence electrons. The number of benzene rings is 1. The van der Waals surface area contributed by atoms with Gasteiger partial charge in [0.25, 0.3) is 0 Å². The number of pyridine rings is 1. The van der Waals surface area contributed by atoms with E-state index in [1.807, 2.05) is 43.3 Å². The first-order valence-electron chi connectivity index (χ1n) is 6.02. The Morgan fingerprint density at radius 1 is 1.26 bits per heavy atom. The van der Waals surface area contributed by atoms with Crippen LogP contribution in [0.5, 0.6) is 0 Å². The maximum atomic E-state index is 6.25. The lowest BCUT2D eigenvalue weighted by Gasteiger charge is -2.08. The van der Waals surface area contributed by atoms with Gasteiger partial charge in [-0.05, 0) is 37.3 Å². The molecule has 0 fully saturated rings. The van der Waals surface area contributed by atoms with E-state index in [9.17, 15) is 0 Å². The van der Waals surface area contributed by atoms with Crippen LogP contribution in [0, 0.1) is 6.92 Å². The third-order valence-corrected chi connectivity index (χ3v) is 3.72. The number of furan rings is 1. The van der Waals surface area contributed by atoms with Crippen molar-refractivity contribution in [3.05, 3.63) is 64.1 Å². The van der Waals surface area contributed by atoms with E-state index in [1.165, 1.54) is 0 Å². The Kier molecular flexibility index (Phi) is 3.12. The topological polar surface area (TPSA) is 52.0 Å². The number of rotatable bonds is 2. The predicted molar refractivity (Wildman–Crippen MR) is 78.9 cm³/mol. The summed E-state index contributed by atoms with van der Waals surface area (Å²) in [5.74, 6) is 0.770. The van der Waals surface area contributed by atoms with Gasteiger partial charge >= 0.3 is 0 Å². The fourth-order valence-corrected chi connectivity index (χ4v) is 2.56. The zero-order valence-electron chi connectivity index (χ0n) is 10.4. The minimum absolute atomic E-state index is 0.340. The van der Waals surface area contributed by atoms with Crippen LogP contribution in [-0.2, 0) is 0 Å². The first-order valence-corrected chi connectivity index (χ1v) is 6.81. The van der Waals surface area contributed by atoms with Crippen LogP contribution in [0.3, 0.4) is 0 Å². The summed E-state index contributed by atoms with van der Waals surface area (Å²) in [5, 5.41) is 1.08. The fraction of sp³-hybridized carbons (Fsp3) is 0.133. The van der Waals surface area contributed by atoms with E-state index in [0.717, 1.165) is 32.5 Å². The maximum Gasteiger partial charge on any atom is 0.134 e. The van der Waals surface area contributed by atoms with Gasteiger partial charge in [0.2, 0.25) is 0 Å². The highest BCUT2D eigenvalue weighted by atomic mass is 79.9. The highest BCUT2D eigenvalue weighted by Gasteiger charge is 2.19. The predicted octanol–water partition coefficient (Wildman–Crippen LogP) is 3.95. The normalized spacial score (nSPS) is 12.8.